The van der Waals surface area contributed by atoms with Gasteiger partial charge in [-0.2, -0.15) is 0 Å². The van der Waals surface area contributed by atoms with E-state index in [1.54, 1.807) is 24.3 Å². The maximum absolute atomic E-state index is 14.0. The molecule has 3 aliphatic heterocycles. The average molecular weight is 543 g/mol. The first-order chi connectivity index (χ1) is 17.6. The van der Waals surface area contributed by atoms with E-state index < -0.39 is 56.0 Å². The highest BCUT2D eigenvalue weighted by atomic mass is 31.2. The molecule has 8 atom stereocenters. The summed E-state index contributed by atoms with van der Waals surface area (Å²) in [7, 11) is -4.10. The second-order valence-electron chi connectivity index (χ2n) is 10.8. The Bertz CT molecular complexity index is 918. The van der Waals surface area contributed by atoms with Gasteiger partial charge in [-0.05, 0) is 65.5 Å². The molecular formula is C26H39O10P. The molecule has 0 spiro atoms. The van der Waals surface area contributed by atoms with Gasteiger partial charge >= 0.3 is 7.82 Å². The van der Waals surface area contributed by atoms with Crippen molar-refractivity contribution in [3.8, 4) is 5.75 Å². The minimum absolute atomic E-state index is 0.190. The van der Waals surface area contributed by atoms with Gasteiger partial charge in [-0.1, -0.05) is 25.1 Å². The Morgan fingerprint density at radius 1 is 0.892 bits per heavy atom. The van der Waals surface area contributed by atoms with Crippen molar-refractivity contribution >= 4 is 7.82 Å². The predicted molar refractivity (Wildman–Crippen MR) is 132 cm³/mol. The lowest BCUT2D eigenvalue weighted by atomic mass is 9.85. The van der Waals surface area contributed by atoms with Gasteiger partial charge in [0.2, 0.25) is 0 Å². The van der Waals surface area contributed by atoms with Crippen molar-refractivity contribution < 1.29 is 46.6 Å². The summed E-state index contributed by atoms with van der Waals surface area (Å²) < 4.78 is 69.4. The van der Waals surface area contributed by atoms with Crippen molar-refractivity contribution in [1.29, 1.82) is 0 Å². The number of hydrogen-bond acceptors (Lipinski definition) is 10. The van der Waals surface area contributed by atoms with Crippen LogP contribution in [0.2, 0.25) is 0 Å². The summed E-state index contributed by atoms with van der Waals surface area (Å²) in [5.41, 5.74) is 0. The van der Waals surface area contributed by atoms with E-state index in [1.165, 1.54) is 0 Å². The Morgan fingerprint density at radius 2 is 1.49 bits per heavy atom. The van der Waals surface area contributed by atoms with E-state index in [1.807, 2.05) is 40.7 Å². The second-order valence-corrected chi connectivity index (χ2v) is 12.3. The predicted octanol–water partition coefficient (Wildman–Crippen LogP) is 4.95. The molecule has 4 unspecified atom stereocenters. The van der Waals surface area contributed by atoms with Crippen molar-refractivity contribution in [1.82, 2.24) is 0 Å². The number of phosphoric ester groups is 1. The van der Waals surface area contributed by atoms with E-state index in [0.29, 0.717) is 18.8 Å². The monoisotopic (exact) mass is 542 g/mol. The molecule has 0 N–H and O–H groups in total. The van der Waals surface area contributed by atoms with Gasteiger partial charge < -0.3 is 32.9 Å². The van der Waals surface area contributed by atoms with Crippen LogP contribution in [-0.2, 0) is 42.0 Å². The van der Waals surface area contributed by atoms with E-state index in [-0.39, 0.29) is 12.9 Å². The molecule has 10 nitrogen and oxygen atoms in total. The van der Waals surface area contributed by atoms with E-state index in [2.05, 4.69) is 0 Å². The number of ether oxygens (including phenoxy) is 6. The fourth-order valence-corrected chi connectivity index (χ4v) is 6.81. The number of phosphoric acid groups is 1. The first-order valence-electron chi connectivity index (χ1n) is 13.2. The zero-order chi connectivity index (χ0) is 26.3. The quantitative estimate of drug-likeness (QED) is 0.399. The van der Waals surface area contributed by atoms with Crippen LogP contribution >= 0.6 is 7.82 Å². The Hall–Kier alpha value is -1.07. The third kappa shape index (κ3) is 6.24. The number of fused-ring (bicyclic) bond motifs is 2. The molecule has 4 fully saturated rings. The van der Waals surface area contributed by atoms with Gasteiger partial charge in [-0.3, -0.25) is 9.05 Å². The maximum atomic E-state index is 14.0. The van der Waals surface area contributed by atoms with Crippen LogP contribution in [0.1, 0.15) is 60.3 Å². The smallest absolute Gasteiger partial charge is 0.404 e. The summed E-state index contributed by atoms with van der Waals surface area (Å²) in [5, 5.41) is 0. The Labute approximate surface area is 218 Å². The highest BCUT2D eigenvalue weighted by Crippen LogP contribution is 2.56. The zero-order valence-electron chi connectivity index (χ0n) is 22.2. The van der Waals surface area contributed by atoms with Gasteiger partial charge in [0.25, 0.3) is 0 Å². The summed E-state index contributed by atoms with van der Waals surface area (Å²) in [5.74, 6) is -1.50. The molecule has 0 amide bonds. The topological polar surface area (TPSA) is 100 Å². The largest absolute Gasteiger partial charge is 0.530 e. The summed E-state index contributed by atoms with van der Waals surface area (Å²) in [6, 6.07) is 8.81. The highest BCUT2D eigenvalue weighted by Gasteiger charge is 2.66. The van der Waals surface area contributed by atoms with Crippen LogP contribution < -0.4 is 4.52 Å². The molecular weight excluding hydrogens is 503 g/mol. The molecule has 1 saturated carbocycles. The van der Waals surface area contributed by atoms with Gasteiger partial charge in [0.1, 0.15) is 42.4 Å². The molecule has 1 aromatic carbocycles. The summed E-state index contributed by atoms with van der Waals surface area (Å²) in [4.78, 5) is 0. The van der Waals surface area contributed by atoms with E-state index in [4.69, 9.17) is 42.0 Å². The molecule has 3 heterocycles. The maximum Gasteiger partial charge on any atom is 0.530 e. The molecule has 11 heteroatoms. The lowest BCUT2D eigenvalue weighted by Gasteiger charge is -2.44. The lowest BCUT2D eigenvalue weighted by Crippen LogP contribution is -2.63. The molecule has 37 heavy (non-hydrogen) atoms. The second kappa shape index (κ2) is 10.8. The zero-order valence-corrected chi connectivity index (χ0v) is 23.1. The fourth-order valence-electron chi connectivity index (χ4n) is 5.33. The van der Waals surface area contributed by atoms with Crippen molar-refractivity contribution in [2.45, 2.75) is 115 Å². The highest BCUT2D eigenvalue weighted by molar-refractivity contribution is 7.49. The van der Waals surface area contributed by atoms with Gasteiger partial charge in [-0.15, -0.1) is 0 Å². The number of para-hydroxylation sites is 1. The normalized spacial score (nSPS) is 37.9. The van der Waals surface area contributed by atoms with Crippen molar-refractivity contribution in [3.63, 3.8) is 0 Å². The molecule has 3 saturated heterocycles. The molecule has 0 radical (unpaired) electrons. The fraction of sp³-hybridized carbons (Fsp3) is 0.769. The van der Waals surface area contributed by atoms with Gasteiger partial charge in [0, 0.05) is 6.61 Å². The van der Waals surface area contributed by atoms with E-state index >= 15 is 0 Å². The van der Waals surface area contributed by atoms with Crippen molar-refractivity contribution in [3.05, 3.63) is 30.3 Å². The molecule has 5 rings (SSSR count). The van der Waals surface area contributed by atoms with Crippen LogP contribution in [-0.4, -0.2) is 67.7 Å². The minimum Gasteiger partial charge on any atom is -0.404 e. The van der Waals surface area contributed by atoms with Gasteiger partial charge in [-0.25, -0.2) is 4.57 Å². The standard InChI is InChI=1S/C26H39O10P/c1-6-15-29-37(27,35-17-12-8-7-9-13-17)36-24-22-20(31-25(2,3)33-22)19(30-18-14-10-11-16-28-18)21-23(24)34-26(4,5)32-21/h7-9,12-13,18-24H,6,10-11,14-16H2,1-5H3/t18?,19?,20-,21+,22-,23-,24?,37?/m1/s1. The number of benzene rings is 1. The third-order valence-corrected chi connectivity index (χ3v) is 8.17. The van der Waals surface area contributed by atoms with Crippen LogP contribution in [0.15, 0.2) is 30.3 Å². The van der Waals surface area contributed by atoms with Crippen LogP contribution in [0.5, 0.6) is 5.75 Å². The van der Waals surface area contributed by atoms with Crippen molar-refractivity contribution in [2.24, 2.45) is 0 Å². The first kappa shape index (κ1) is 27.5. The molecule has 0 aromatic heterocycles. The van der Waals surface area contributed by atoms with E-state index in [9.17, 15) is 4.57 Å². The van der Waals surface area contributed by atoms with Gasteiger partial charge in [0.05, 0.1) is 6.61 Å². The Balaban J connectivity index is 1.46. The Morgan fingerprint density at radius 3 is 2.03 bits per heavy atom. The first-order valence-corrected chi connectivity index (χ1v) is 14.7. The van der Waals surface area contributed by atoms with Crippen molar-refractivity contribution in [2.75, 3.05) is 13.2 Å². The number of hydrogen-bond donors (Lipinski definition) is 0. The van der Waals surface area contributed by atoms with Crippen LogP contribution in [0, 0.1) is 0 Å². The van der Waals surface area contributed by atoms with Crippen LogP contribution in [0.25, 0.3) is 0 Å². The van der Waals surface area contributed by atoms with Gasteiger partial charge in [0.15, 0.2) is 17.9 Å². The molecule has 1 aliphatic carbocycles. The van der Waals surface area contributed by atoms with Crippen LogP contribution in [0.3, 0.4) is 0 Å². The third-order valence-electron chi connectivity index (χ3n) is 6.73. The SMILES string of the molecule is CCCOP(=O)(Oc1ccccc1)OC1[C@@H]2OC(C)(C)O[C@@H]2C(OC2CCCCO2)[C@@H]2OC(C)(C)O[C@@H]12. The molecule has 1 aromatic rings. The molecule has 0 bridgehead atoms. The van der Waals surface area contributed by atoms with E-state index in [0.717, 1.165) is 19.3 Å². The molecule has 4 aliphatic rings. The lowest BCUT2D eigenvalue weighted by molar-refractivity contribution is -0.253. The number of rotatable bonds is 9. The average Bonchev–Trinajstić information content (AvgIpc) is 3.36. The summed E-state index contributed by atoms with van der Waals surface area (Å²) >= 11 is 0. The molecule has 208 valence electrons. The summed E-state index contributed by atoms with van der Waals surface area (Å²) in [6.07, 6.45) is -0.892. The summed E-state index contributed by atoms with van der Waals surface area (Å²) in [6.45, 7) is 10.1. The Kier molecular flexibility index (Phi) is 8.05. The minimum atomic E-state index is -4.10. The van der Waals surface area contributed by atoms with Crippen LogP contribution in [0.4, 0.5) is 0 Å².